The lowest BCUT2D eigenvalue weighted by molar-refractivity contribution is 0.0914. The number of benzene rings is 1. The zero-order chi connectivity index (χ0) is 21.1. The van der Waals surface area contributed by atoms with Gasteiger partial charge in [-0.25, -0.2) is 0 Å². The molecule has 0 unspecified atom stereocenters. The Morgan fingerprint density at radius 2 is 1.50 bits per heavy atom. The summed E-state index contributed by atoms with van der Waals surface area (Å²) in [5, 5.41) is 5.94. The van der Waals surface area contributed by atoms with Gasteiger partial charge >= 0.3 is 0 Å². The third-order valence-electron chi connectivity index (χ3n) is 4.35. The van der Waals surface area contributed by atoms with Gasteiger partial charge in [0.2, 0.25) is 0 Å². The number of carbonyl (C=O) groups excluding carboxylic acids is 2. The second kappa shape index (κ2) is 8.55. The topological polar surface area (TPSA) is 71.1 Å². The maximum Gasteiger partial charge on any atom is 0.270 e. The molecule has 0 bridgehead atoms. The summed E-state index contributed by atoms with van der Waals surface area (Å²) >= 11 is 0. The van der Waals surface area contributed by atoms with Crippen molar-refractivity contribution in [3.63, 3.8) is 0 Å². The van der Waals surface area contributed by atoms with Gasteiger partial charge in [0.1, 0.15) is 5.69 Å². The molecule has 2 amide bonds. The van der Waals surface area contributed by atoms with Crippen LogP contribution in [0.4, 0.5) is 5.69 Å². The van der Waals surface area contributed by atoms with Crippen molar-refractivity contribution in [2.24, 2.45) is 0 Å². The van der Waals surface area contributed by atoms with Crippen LogP contribution in [-0.4, -0.2) is 22.3 Å². The predicted molar refractivity (Wildman–Crippen MR) is 114 cm³/mol. The van der Waals surface area contributed by atoms with E-state index in [2.05, 4.69) is 43.3 Å². The molecule has 2 N–H and O–H groups in total. The molecule has 5 nitrogen and oxygen atoms in total. The molecule has 1 aromatic carbocycles. The molecule has 0 radical (unpaired) electrons. The number of carbonyl (C=O) groups is 2. The summed E-state index contributed by atoms with van der Waals surface area (Å²) in [7, 11) is 0. The number of nitrogens with one attached hydrogen (secondary N) is 2. The van der Waals surface area contributed by atoms with Gasteiger partial charge in [-0.2, -0.15) is 0 Å². The zero-order valence-corrected chi connectivity index (χ0v) is 17.9. The number of para-hydroxylation sites is 1. The lowest BCUT2D eigenvalue weighted by Gasteiger charge is -2.21. The molecule has 5 heteroatoms. The van der Waals surface area contributed by atoms with E-state index in [0.29, 0.717) is 5.56 Å². The molecule has 0 spiro atoms. The van der Waals surface area contributed by atoms with E-state index in [1.54, 1.807) is 6.07 Å². The van der Waals surface area contributed by atoms with Crippen LogP contribution in [-0.2, 0) is 0 Å². The quantitative estimate of drug-likeness (QED) is 0.756. The fourth-order valence-corrected chi connectivity index (χ4v) is 2.98. The lowest BCUT2D eigenvalue weighted by Crippen LogP contribution is -2.41. The molecule has 150 valence electrons. The number of hydrogen-bond acceptors (Lipinski definition) is 3. The van der Waals surface area contributed by atoms with Crippen LogP contribution in [0.5, 0.6) is 0 Å². The SMILES string of the molecule is CC(C)c1cccc(C(C)C)c1NC(=O)c1ccnc(C(=O)NC(C)(C)C)c1. The second-order valence-electron chi connectivity index (χ2n) is 8.71. The third-order valence-corrected chi connectivity index (χ3v) is 4.35. The van der Waals surface area contributed by atoms with Crippen molar-refractivity contribution in [3.8, 4) is 0 Å². The van der Waals surface area contributed by atoms with Crippen LogP contribution in [0.3, 0.4) is 0 Å². The van der Waals surface area contributed by atoms with Gasteiger partial charge in [-0.3, -0.25) is 14.6 Å². The van der Waals surface area contributed by atoms with Crippen LogP contribution >= 0.6 is 0 Å². The Labute approximate surface area is 168 Å². The van der Waals surface area contributed by atoms with Crippen LogP contribution < -0.4 is 10.6 Å². The first kappa shape index (κ1) is 21.6. The molecule has 2 aromatic rings. The van der Waals surface area contributed by atoms with E-state index in [4.69, 9.17) is 0 Å². The zero-order valence-electron chi connectivity index (χ0n) is 17.9. The van der Waals surface area contributed by atoms with E-state index < -0.39 is 0 Å². The predicted octanol–water partition coefficient (Wildman–Crippen LogP) is 5.11. The Morgan fingerprint density at radius 1 is 0.929 bits per heavy atom. The van der Waals surface area contributed by atoms with Crippen molar-refractivity contribution >= 4 is 17.5 Å². The molecule has 0 fully saturated rings. The van der Waals surface area contributed by atoms with Crippen LogP contribution in [0.1, 0.15) is 92.3 Å². The van der Waals surface area contributed by atoms with E-state index in [9.17, 15) is 9.59 Å². The van der Waals surface area contributed by atoms with E-state index >= 15 is 0 Å². The summed E-state index contributed by atoms with van der Waals surface area (Å²) in [6.07, 6.45) is 1.49. The highest BCUT2D eigenvalue weighted by Crippen LogP contribution is 2.32. The molecular weight excluding hydrogens is 350 g/mol. The number of pyridine rings is 1. The smallest absolute Gasteiger partial charge is 0.270 e. The fraction of sp³-hybridized carbons (Fsp3) is 0.435. The van der Waals surface area contributed by atoms with Crippen LogP contribution in [0.15, 0.2) is 36.5 Å². The maximum absolute atomic E-state index is 13.0. The number of nitrogens with zero attached hydrogens (tertiary/aromatic N) is 1. The third kappa shape index (κ3) is 5.41. The average molecular weight is 382 g/mol. The minimum atomic E-state index is -0.376. The van der Waals surface area contributed by atoms with Crippen LogP contribution in [0.25, 0.3) is 0 Å². The highest BCUT2D eigenvalue weighted by Gasteiger charge is 2.20. The summed E-state index contributed by atoms with van der Waals surface area (Å²) in [6, 6.07) is 9.27. The summed E-state index contributed by atoms with van der Waals surface area (Å²) in [6.45, 7) is 14.1. The maximum atomic E-state index is 13.0. The van der Waals surface area contributed by atoms with Gasteiger partial charge in [0.15, 0.2) is 0 Å². The minimum absolute atomic E-state index is 0.226. The molecule has 2 rings (SSSR count). The van der Waals surface area contributed by atoms with Gasteiger partial charge in [-0.15, -0.1) is 0 Å². The monoisotopic (exact) mass is 381 g/mol. The molecule has 0 aliphatic heterocycles. The first-order chi connectivity index (χ1) is 13.0. The number of anilines is 1. The van der Waals surface area contributed by atoms with Gasteiger partial charge in [0.25, 0.3) is 11.8 Å². The van der Waals surface area contributed by atoms with Gasteiger partial charge in [-0.05, 0) is 55.9 Å². The molecule has 0 saturated carbocycles. The van der Waals surface area contributed by atoms with E-state index in [1.165, 1.54) is 12.3 Å². The van der Waals surface area contributed by atoms with Crippen molar-refractivity contribution in [2.75, 3.05) is 5.32 Å². The van der Waals surface area contributed by atoms with Crippen molar-refractivity contribution in [1.82, 2.24) is 10.3 Å². The summed E-state index contributed by atoms with van der Waals surface area (Å²) in [4.78, 5) is 29.4. The molecule has 1 aromatic heterocycles. The van der Waals surface area contributed by atoms with Crippen molar-refractivity contribution in [1.29, 1.82) is 0 Å². The average Bonchev–Trinajstić information content (AvgIpc) is 2.60. The second-order valence-corrected chi connectivity index (χ2v) is 8.71. The molecule has 0 saturated heterocycles. The normalized spacial score (nSPS) is 11.6. The molecule has 1 heterocycles. The van der Waals surface area contributed by atoms with Crippen LogP contribution in [0.2, 0.25) is 0 Å². The first-order valence-electron chi connectivity index (χ1n) is 9.72. The van der Waals surface area contributed by atoms with Crippen molar-refractivity contribution in [3.05, 3.63) is 58.9 Å². The molecular formula is C23H31N3O2. The first-order valence-corrected chi connectivity index (χ1v) is 9.72. The summed E-state index contributed by atoms with van der Waals surface area (Å²) in [5.74, 6) is 0.00828. The van der Waals surface area contributed by atoms with E-state index in [1.807, 2.05) is 39.0 Å². The number of rotatable bonds is 5. The molecule has 0 atom stereocenters. The number of hydrogen-bond donors (Lipinski definition) is 2. The Bertz CT molecular complexity index is 838. The highest BCUT2D eigenvalue weighted by atomic mass is 16.2. The van der Waals surface area contributed by atoms with Gasteiger partial charge in [-0.1, -0.05) is 45.9 Å². The molecule has 28 heavy (non-hydrogen) atoms. The van der Waals surface area contributed by atoms with Crippen molar-refractivity contribution < 1.29 is 9.59 Å². The lowest BCUT2D eigenvalue weighted by atomic mass is 9.92. The van der Waals surface area contributed by atoms with E-state index in [-0.39, 0.29) is 34.9 Å². The van der Waals surface area contributed by atoms with Crippen molar-refractivity contribution in [2.45, 2.75) is 65.8 Å². The fourth-order valence-electron chi connectivity index (χ4n) is 2.98. The summed E-state index contributed by atoms with van der Waals surface area (Å²) in [5.41, 5.74) is 3.30. The largest absolute Gasteiger partial charge is 0.346 e. The Hall–Kier alpha value is -2.69. The van der Waals surface area contributed by atoms with Crippen LogP contribution in [0, 0.1) is 0 Å². The molecule has 0 aliphatic rings. The Morgan fingerprint density at radius 3 is 2.00 bits per heavy atom. The number of aromatic nitrogens is 1. The standard InChI is InChI=1S/C23H31N3O2/c1-14(2)17-9-8-10-18(15(3)4)20(17)25-21(27)16-11-12-24-19(13-16)22(28)26-23(5,6)7/h8-15H,1-7H3,(H,25,27)(H,26,28). The highest BCUT2D eigenvalue weighted by molar-refractivity contribution is 6.06. The minimum Gasteiger partial charge on any atom is -0.346 e. The van der Waals surface area contributed by atoms with E-state index in [0.717, 1.165) is 16.8 Å². The Balaban J connectivity index is 2.34. The summed E-state index contributed by atoms with van der Waals surface area (Å²) < 4.78 is 0. The Kier molecular flexibility index (Phi) is 6.60. The van der Waals surface area contributed by atoms with Gasteiger partial charge in [0.05, 0.1) is 0 Å². The van der Waals surface area contributed by atoms with Gasteiger partial charge in [0, 0.05) is 23.0 Å². The van der Waals surface area contributed by atoms with Gasteiger partial charge < -0.3 is 10.6 Å². The molecule has 0 aliphatic carbocycles. The number of amides is 2.